The van der Waals surface area contributed by atoms with Crippen molar-refractivity contribution in [2.24, 2.45) is 0 Å². The molecule has 2 aromatic rings. The van der Waals surface area contributed by atoms with Gasteiger partial charge < -0.3 is 10.0 Å². The number of anilines is 1. The van der Waals surface area contributed by atoms with Gasteiger partial charge in [0.05, 0.1) is 12.0 Å². The first-order chi connectivity index (χ1) is 10.2. The third-order valence-electron chi connectivity index (χ3n) is 3.64. The summed E-state index contributed by atoms with van der Waals surface area (Å²) in [4.78, 5) is 29.2. The fourth-order valence-corrected chi connectivity index (χ4v) is 2.72. The number of carbonyl (C=O) groups excluding carboxylic acids is 1. The summed E-state index contributed by atoms with van der Waals surface area (Å²) in [6.07, 6.45) is 3.16. The predicted molar refractivity (Wildman–Crippen MR) is 77.3 cm³/mol. The number of para-hydroxylation sites is 1. The molecule has 0 bridgehead atoms. The maximum Gasteiger partial charge on any atom is 0.304 e. The Morgan fingerprint density at radius 1 is 1.24 bits per heavy atom. The molecule has 3 rings (SSSR count). The first-order valence-corrected chi connectivity index (χ1v) is 6.69. The number of carboxylic acids is 1. The molecule has 1 aromatic carbocycles. The molecule has 5 nitrogen and oxygen atoms in total. The van der Waals surface area contributed by atoms with Crippen LogP contribution in [0.3, 0.4) is 0 Å². The van der Waals surface area contributed by atoms with E-state index in [2.05, 4.69) is 4.98 Å². The lowest BCUT2D eigenvalue weighted by molar-refractivity contribution is -0.137. The van der Waals surface area contributed by atoms with Gasteiger partial charge in [0.2, 0.25) is 0 Å². The van der Waals surface area contributed by atoms with Crippen LogP contribution in [0.25, 0.3) is 0 Å². The van der Waals surface area contributed by atoms with Crippen LogP contribution in [0, 0.1) is 0 Å². The molecule has 1 unspecified atom stereocenters. The molecule has 1 aliphatic rings. The van der Waals surface area contributed by atoms with Crippen molar-refractivity contribution in [3.8, 4) is 0 Å². The van der Waals surface area contributed by atoms with E-state index in [1.165, 1.54) is 6.20 Å². The van der Waals surface area contributed by atoms with Crippen molar-refractivity contribution in [3.05, 3.63) is 59.9 Å². The van der Waals surface area contributed by atoms with Crippen LogP contribution in [-0.2, 0) is 4.79 Å². The molecule has 0 radical (unpaired) electrons. The Balaban J connectivity index is 1.94. The van der Waals surface area contributed by atoms with E-state index in [0.717, 1.165) is 11.3 Å². The van der Waals surface area contributed by atoms with Crippen LogP contribution in [0.2, 0.25) is 0 Å². The first-order valence-electron chi connectivity index (χ1n) is 6.69. The molecule has 0 saturated heterocycles. The van der Waals surface area contributed by atoms with E-state index in [-0.39, 0.29) is 18.2 Å². The molecule has 106 valence electrons. The van der Waals surface area contributed by atoms with Crippen LogP contribution >= 0.6 is 0 Å². The summed E-state index contributed by atoms with van der Waals surface area (Å²) in [5, 5.41) is 9.03. The average Bonchev–Trinajstić information content (AvgIpc) is 2.86. The second-order valence-corrected chi connectivity index (χ2v) is 5.01. The predicted octanol–water partition coefficient (Wildman–Crippen LogP) is 2.30. The fourth-order valence-electron chi connectivity index (χ4n) is 2.72. The summed E-state index contributed by atoms with van der Waals surface area (Å²) in [7, 11) is 0. The van der Waals surface area contributed by atoms with Crippen molar-refractivity contribution in [2.75, 3.05) is 11.4 Å². The smallest absolute Gasteiger partial charge is 0.304 e. The number of hydrogen-bond acceptors (Lipinski definition) is 3. The molecule has 1 aromatic heterocycles. The van der Waals surface area contributed by atoms with E-state index in [1.807, 2.05) is 24.3 Å². The molecule has 1 atom stereocenters. The van der Waals surface area contributed by atoms with E-state index in [9.17, 15) is 9.59 Å². The number of carboxylic acid groups (broad SMARTS) is 1. The van der Waals surface area contributed by atoms with Crippen LogP contribution < -0.4 is 4.90 Å². The number of nitrogens with zero attached hydrogens (tertiary/aromatic N) is 2. The molecular weight excluding hydrogens is 268 g/mol. The summed E-state index contributed by atoms with van der Waals surface area (Å²) < 4.78 is 0. The Labute approximate surface area is 121 Å². The Bertz CT molecular complexity index is 685. The van der Waals surface area contributed by atoms with E-state index < -0.39 is 5.97 Å². The molecule has 5 heteroatoms. The summed E-state index contributed by atoms with van der Waals surface area (Å²) in [6, 6.07) is 10.9. The summed E-state index contributed by atoms with van der Waals surface area (Å²) >= 11 is 0. The molecule has 0 saturated carbocycles. The third-order valence-corrected chi connectivity index (χ3v) is 3.64. The van der Waals surface area contributed by atoms with E-state index in [0.29, 0.717) is 12.1 Å². The Kier molecular flexibility index (Phi) is 3.39. The molecule has 1 amide bonds. The van der Waals surface area contributed by atoms with Gasteiger partial charge in [0.1, 0.15) is 0 Å². The van der Waals surface area contributed by atoms with Gasteiger partial charge in [-0.1, -0.05) is 18.2 Å². The Hall–Kier alpha value is -2.69. The largest absolute Gasteiger partial charge is 0.481 e. The van der Waals surface area contributed by atoms with Gasteiger partial charge in [-0.25, -0.2) is 0 Å². The van der Waals surface area contributed by atoms with Crippen molar-refractivity contribution in [2.45, 2.75) is 12.3 Å². The number of rotatable bonds is 3. The monoisotopic (exact) mass is 282 g/mol. The number of hydrogen-bond donors (Lipinski definition) is 1. The SMILES string of the molecule is O=C(O)CC1CN(C(=O)c2cccnc2)c2ccccc21. The quantitative estimate of drug-likeness (QED) is 0.937. The second kappa shape index (κ2) is 5.36. The maximum atomic E-state index is 12.6. The fraction of sp³-hybridized carbons (Fsp3) is 0.188. The van der Waals surface area contributed by atoms with Crippen LogP contribution in [0.15, 0.2) is 48.8 Å². The van der Waals surface area contributed by atoms with Crippen LogP contribution in [0.1, 0.15) is 28.3 Å². The highest BCUT2D eigenvalue weighted by molar-refractivity contribution is 6.07. The highest BCUT2D eigenvalue weighted by Gasteiger charge is 2.33. The number of aromatic nitrogens is 1. The third kappa shape index (κ3) is 2.50. The van der Waals surface area contributed by atoms with E-state index >= 15 is 0 Å². The molecule has 0 aliphatic carbocycles. The highest BCUT2D eigenvalue weighted by atomic mass is 16.4. The summed E-state index contributed by atoms with van der Waals surface area (Å²) in [5.41, 5.74) is 2.21. The van der Waals surface area contributed by atoms with Crippen molar-refractivity contribution in [1.82, 2.24) is 4.98 Å². The molecule has 0 spiro atoms. The van der Waals surface area contributed by atoms with Crippen molar-refractivity contribution in [3.63, 3.8) is 0 Å². The average molecular weight is 282 g/mol. The van der Waals surface area contributed by atoms with Gasteiger partial charge in [-0.05, 0) is 23.8 Å². The molecule has 0 fully saturated rings. The molecule has 21 heavy (non-hydrogen) atoms. The standard InChI is InChI=1S/C16H14N2O3/c19-15(20)8-12-10-18(14-6-2-1-5-13(12)14)16(21)11-4-3-7-17-9-11/h1-7,9,12H,8,10H2,(H,19,20). The van der Waals surface area contributed by atoms with Crippen LogP contribution in [-0.4, -0.2) is 28.5 Å². The lowest BCUT2D eigenvalue weighted by Crippen LogP contribution is -2.30. The van der Waals surface area contributed by atoms with E-state index in [4.69, 9.17) is 5.11 Å². The lowest BCUT2D eigenvalue weighted by Gasteiger charge is -2.17. The number of carbonyl (C=O) groups is 2. The zero-order valence-corrected chi connectivity index (χ0v) is 11.3. The number of aliphatic carboxylic acids is 1. The minimum Gasteiger partial charge on any atom is -0.481 e. The number of amides is 1. The van der Waals surface area contributed by atoms with Gasteiger partial charge in [0.15, 0.2) is 0 Å². The Morgan fingerprint density at radius 2 is 2.05 bits per heavy atom. The topological polar surface area (TPSA) is 70.5 Å². The second-order valence-electron chi connectivity index (χ2n) is 5.01. The van der Waals surface area contributed by atoms with E-state index in [1.54, 1.807) is 23.2 Å². The van der Waals surface area contributed by atoms with Gasteiger partial charge in [-0.2, -0.15) is 0 Å². The van der Waals surface area contributed by atoms with Gasteiger partial charge in [-0.3, -0.25) is 14.6 Å². The van der Waals surface area contributed by atoms with Crippen molar-refractivity contribution in [1.29, 1.82) is 0 Å². The van der Waals surface area contributed by atoms with Gasteiger partial charge in [0, 0.05) is 30.5 Å². The Morgan fingerprint density at radius 3 is 2.76 bits per heavy atom. The molecular formula is C16H14N2O3. The normalized spacial score (nSPS) is 16.6. The number of fused-ring (bicyclic) bond motifs is 1. The van der Waals surface area contributed by atoms with Gasteiger partial charge in [-0.15, -0.1) is 0 Å². The zero-order valence-electron chi connectivity index (χ0n) is 11.3. The van der Waals surface area contributed by atoms with Crippen molar-refractivity contribution >= 4 is 17.6 Å². The number of pyridine rings is 1. The lowest BCUT2D eigenvalue weighted by atomic mass is 9.98. The maximum absolute atomic E-state index is 12.6. The highest BCUT2D eigenvalue weighted by Crippen LogP contribution is 2.38. The molecule has 1 aliphatic heterocycles. The van der Waals surface area contributed by atoms with Crippen LogP contribution in [0.5, 0.6) is 0 Å². The van der Waals surface area contributed by atoms with Crippen LogP contribution in [0.4, 0.5) is 5.69 Å². The molecule has 1 N–H and O–H groups in total. The van der Waals surface area contributed by atoms with Gasteiger partial charge in [0.25, 0.3) is 5.91 Å². The minimum absolute atomic E-state index is 0.0217. The summed E-state index contributed by atoms with van der Waals surface area (Å²) in [5.74, 6) is -1.17. The number of benzene rings is 1. The summed E-state index contributed by atoms with van der Waals surface area (Å²) in [6.45, 7) is 0.388. The van der Waals surface area contributed by atoms with Gasteiger partial charge >= 0.3 is 5.97 Å². The molecule has 2 heterocycles. The minimum atomic E-state index is -0.856. The zero-order chi connectivity index (χ0) is 14.8. The first kappa shape index (κ1) is 13.3. The van der Waals surface area contributed by atoms with Crippen molar-refractivity contribution < 1.29 is 14.7 Å².